The maximum Gasteiger partial charge on any atom is 0.240 e. The number of rotatable bonds is 5. The topological polar surface area (TPSA) is 62.3 Å². The van der Waals surface area contributed by atoms with Gasteiger partial charge in [0.05, 0.1) is 12.2 Å². The third-order valence-corrected chi connectivity index (χ3v) is 3.09. The minimum Gasteiger partial charge on any atom is -0.349 e. The second-order valence-electron chi connectivity index (χ2n) is 4.80. The lowest BCUT2D eigenvalue weighted by Gasteiger charge is -2.20. The predicted octanol–water partition coefficient (Wildman–Crippen LogP) is 2.03. The molecule has 0 bridgehead atoms. The van der Waals surface area contributed by atoms with Gasteiger partial charge in [0.25, 0.3) is 0 Å². The Hall–Kier alpha value is -2.83. The number of pyridine rings is 1. The van der Waals surface area contributed by atoms with Gasteiger partial charge in [-0.2, -0.15) is 0 Å². The zero-order valence-corrected chi connectivity index (χ0v) is 12.4. The molecular weight excluding hydrogens is 304 g/mol. The molecule has 0 fully saturated rings. The minimum absolute atomic E-state index is 0.115. The van der Waals surface area contributed by atoms with E-state index in [0.717, 1.165) is 17.0 Å². The molecule has 7 heteroatoms. The van der Waals surface area contributed by atoms with Gasteiger partial charge >= 0.3 is 0 Å². The van der Waals surface area contributed by atoms with Gasteiger partial charge in [-0.3, -0.25) is 14.6 Å². The number of hydrogen-bond acceptors (Lipinski definition) is 3. The van der Waals surface area contributed by atoms with Crippen molar-refractivity contribution >= 4 is 17.5 Å². The molecule has 2 rings (SSSR count). The van der Waals surface area contributed by atoms with Crippen molar-refractivity contribution in [3.63, 3.8) is 0 Å². The first-order valence-corrected chi connectivity index (χ1v) is 6.87. The molecular formula is C16H15F2N3O2. The Labute approximate surface area is 131 Å². The van der Waals surface area contributed by atoms with Crippen LogP contribution in [0.2, 0.25) is 0 Å². The van der Waals surface area contributed by atoms with Crippen molar-refractivity contribution in [2.24, 2.45) is 0 Å². The summed E-state index contributed by atoms with van der Waals surface area (Å²) in [6, 6.07) is 8.32. The average Bonchev–Trinajstić information content (AvgIpc) is 2.54. The molecule has 0 spiro atoms. The van der Waals surface area contributed by atoms with E-state index in [-0.39, 0.29) is 18.8 Å². The fourth-order valence-corrected chi connectivity index (χ4v) is 1.93. The SMILES string of the molecule is CC(=O)N(CC(=O)NCc1ccccn1)c1ccc(F)c(F)c1. The summed E-state index contributed by atoms with van der Waals surface area (Å²) >= 11 is 0. The van der Waals surface area contributed by atoms with Crippen LogP contribution in [-0.4, -0.2) is 23.3 Å². The molecule has 0 atom stereocenters. The van der Waals surface area contributed by atoms with Crippen LogP contribution in [-0.2, 0) is 16.1 Å². The van der Waals surface area contributed by atoms with Crippen LogP contribution in [0.25, 0.3) is 0 Å². The lowest BCUT2D eigenvalue weighted by Crippen LogP contribution is -2.39. The van der Waals surface area contributed by atoms with Crippen LogP contribution in [0, 0.1) is 11.6 Å². The summed E-state index contributed by atoms with van der Waals surface area (Å²) in [4.78, 5) is 28.7. The van der Waals surface area contributed by atoms with Crippen LogP contribution < -0.4 is 10.2 Å². The second-order valence-corrected chi connectivity index (χ2v) is 4.80. The molecule has 23 heavy (non-hydrogen) atoms. The van der Waals surface area contributed by atoms with Crippen LogP contribution in [0.5, 0.6) is 0 Å². The quantitative estimate of drug-likeness (QED) is 0.917. The number of halogens is 2. The van der Waals surface area contributed by atoms with Crippen molar-refractivity contribution in [3.8, 4) is 0 Å². The highest BCUT2D eigenvalue weighted by atomic mass is 19.2. The molecule has 0 aliphatic rings. The van der Waals surface area contributed by atoms with Crippen LogP contribution in [0.15, 0.2) is 42.6 Å². The van der Waals surface area contributed by atoms with Crippen molar-refractivity contribution in [1.82, 2.24) is 10.3 Å². The van der Waals surface area contributed by atoms with E-state index in [0.29, 0.717) is 5.69 Å². The van der Waals surface area contributed by atoms with E-state index in [9.17, 15) is 18.4 Å². The molecule has 5 nitrogen and oxygen atoms in total. The van der Waals surface area contributed by atoms with Crippen molar-refractivity contribution < 1.29 is 18.4 Å². The lowest BCUT2D eigenvalue weighted by molar-refractivity contribution is -0.123. The fraction of sp³-hybridized carbons (Fsp3) is 0.188. The monoisotopic (exact) mass is 319 g/mol. The zero-order chi connectivity index (χ0) is 16.8. The van der Waals surface area contributed by atoms with Crippen LogP contribution in [0.4, 0.5) is 14.5 Å². The van der Waals surface area contributed by atoms with Gasteiger partial charge in [-0.25, -0.2) is 8.78 Å². The molecule has 1 aromatic carbocycles. The summed E-state index contributed by atoms with van der Waals surface area (Å²) in [6.07, 6.45) is 1.60. The molecule has 0 saturated heterocycles. The number of benzene rings is 1. The van der Waals surface area contributed by atoms with Gasteiger partial charge in [0, 0.05) is 24.9 Å². The van der Waals surface area contributed by atoms with E-state index < -0.39 is 23.4 Å². The van der Waals surface area contributed by atoms with Gasteiger partial charge in [0.1, 0.15) is 6.54 Å². The highest BCUT2D eigenvalue weighted by molar-refractivity contribution is 5.97. The smallest absolute Gasteiger partial charge is 0.240 e. The van der Waals surface area contributed by atoms with Gasteiger partial charge in [0.2, 0.25) is 11.8 Å². The normalized spacial score (nSPS) is 10.2. The van der Waals surface area contributed by atoms with E-state index >= 15 is 0 Å². The van der Waals surface area contributed by atoms with Gasteiger partial charge in [-0.15, -0.1) is 0 Å². The maximum absolute atomic E-state index is 13.3. The standard InChI is InChI=1S/C16H15F2N3O2/c1-11(22)21(13-5-6-14(17)15(18)8-13)10-16(23)20-9-12-4-2-3-7-19-12/h2-8H,9-10H2,1H3,(H,20,23). The maximum atomic E-state index is 13.3. The van der Waals surface area contributed by atoms with E-state index in [1.807, 2.05) is 0 Å². The largest absolute Gasteiger partial charge is 0.349 e. The number of nitrogens with zero attached hydrogens (tertiary/aromatic N) is 2. The molecule has 1 heterocycles. The van der Waals surface area contributed by atoms with Crippen molar-refractivity contribution in [3.05, 3.63) is 59.9 Å². The summed E-state index contributed by atoms with van der Waals surface area (Å²) in [5.41, 5.74) is 0.785. The molecule has 0 aliphatic carbocycles. The minimum atomic E-state index is -1.08. The highest BCUT2D eigenvalue weighted by Crippen LogP contribution is 2.18. The summed E-state index contributed by atoms with van der Waals surface area (Å²) in [5.74, 6) is -2.99. The number of amides is 2. The van der Waals surface area contributed by atoms with Crippen LogP contribution in [0.3, 0.4) is 0 Å². The highest BCUT2D eigenvalue weighted by Gasteiger charge is 2.17. The molecule has 120 valence electrons. The Kier molecular flexibility index (Phi) is 5.35. The number of anilines is 1. The molecule has 0 unspecified atom stereocenters. The molecule has 2 aromatic rings. The van der Waals surface area contributed by atoms with E-state index in [2.05, 4.69) is 10.3 Å². The van der Waals surface area contributed by atoms with Gasteiger partial charge in [-0.05, 0) is 24.3 Å². The van der Waals surface area contributed by atoms with E-state index in [1.165, 1.54) is 13.0 Å². The lowest BCUT2D eigenvalue weighted by atomic mass is 10.2. The van der Waals surface area contributed by atoms with E-state index in [4.69, 9.17) is 0 Å². The summed E-state index contributed by atoms with van der Waals surface area (Å²) in [7, 11) is 0. The number of carbonyl (C=O) groups is 2. The first kappa shape index (κ1) is 16.5. The van der Waals surface area contributed by atoms with Crippen LogP contribution in [0.1, 0.15) is 12.6 Å². The van der Waals surface area contributed by atoms with Crippen molar-refractivity contribution in [1.29, 1.82) is 0 Å². The zero-order valence-electron chi connectivity index (χ0n) is 12.4. The van der Waals surface area contributed by atoms with Gasteiger partial charge in [-0.1, -0.05) is 6.07 Å². The van der Waals surface area contributed by atoms with E-state index in [1.54, 1.807) is 24.4 Å². The molecule has 0 aliphatic heterocycles. The van der Waals surface area contributed by atoms with Gasteiger partial charge in [0.15, 0.2) is 11.6 Å². The number of nitrogens with one attached hydrogen (secondary N) is 1. The number of hydrogen-bond donors (Lipinski definition) is 1. The number of aromatic nitrogens is 1. The third-order valence-electron chi connectivity index (χ3n) is 3.09. The molecule has 1 N–H and O–H groups in total. The Balaban J connectivity index is 2.02. The Morgan fingerprint density at radius 2 is 1.96 bits per heavy atom. The first-order chi connectivity index (χ1) is 11.0. The average molecular weight is 319 g/mol. The second kappa shape index (κ2) is 7.44. The van der Waals surface area contributed by atoms with Crippen molar-refractivity contribution in [2.45, 2.75) is 13.5 Å². The Bertz CT molecular complexity index is 708. The van der Waals surface area contributed by atoms with Crippen molar-refractivity contribution in [2.75, 3.05) is 11.4 Å². The van der Waals surface area contributed by atoms with Crippen LogP contribution >= 0.6 is 0 Å². The summed E-state index contributed by atoms with van der Waals surface area (Å²) in [6.45, 7) is 1.16. The first-order valence-electron chi connectivity index (χ1n) is 6.87. The summed E-state index contributed by atoms with van der Waals surface area (Å²) < 4.78 is 26.3. The fourth-order valence-electron chi connectivity index (χ4n) is 1.93. The molecule has 1 aromatic heterocycles. The predicted molar refractivity (Wildman–Crippen MR) is 80.5 cm³/mol. The molecule has 2 amide bonds. The Morgan fingerprint density at radius 3 is 2.57 bits per heavy atom. The van der Waals surface area contributed by atoms with Gasteiger partial charge < -0.3 is 10.2 Å². The third kappa shape index (κ3) is 4.57. The summed E-state index contributed by atoms with van der Waals surface area (Å²) in [5, 5.41) is 2.62. The number of carbonyl (C=O) groups excluding carboxylic acids is 2. The molecule has 0 saturated carbocycles. The Morgan fingerprint density at radius 1 is 1.17 bits per heavy atom. The molecule has 0 radical (unpaired) electrons.